The number of ether oxygens (including phenoxy) is 1. The lowest BCUT2D eigenvalue weighted by molar-refractivity contribution is -0.111. The number of carbonyl (C=O) groups excluding carboxylic acids is 1. The summed E-state index contributed by atoms with van der Waals surface area (Å²) in [6.45, 7) is 2.91. The fraction of sp³-hybridized carbons (Fsp3) is 0.267. The van der Waals surface area contributed by atoms with E-state index < -0.39 is 0 Å². The van der Waals surface area contributed by atoms with Crippen molar-refractivity contribution in [1.82, 2.24) is 9.97 Å². The number of furan rings is 1. The Hall–Kier alpha value is -2.67. The van der Waals surface area contributed by atoms with E-state index in [0.29, 0.717) is 30.6 Å². The third-order valence-corrected chi connectivity index (χ3v) is 3.14. The number of hydrogen-bond donors (Lipinski definition) is 1. The first kappa shape index (κ1) is 14.3. The second-order valence-corrected chi connectivity index (χ2v) is 4.71. The Morgan fingerprint density at radius 3 is 2.73 bits per heavy atom. The fourth-order valence-corrected chi connectivity index (χ4v) is 2.04. The molecule has 0 spiro atoms. The summed E-state index contributed by atoms with van der Waals surface area (Å²) in [5.74, 6) is 1.00. The molecule has 2 aromatic heterocycles. The molecule has 0 radical (unpaired) electrons. The monoisotopic (exact) mass is 300 g/mol. The molecule has 7 nitrogen and oxygen atoms in total. The van der Waals surface area contributed by atoms with Gasteiger partial charge in [0.1, 0.15) is 5.76 Å². The molecule has 0 bridgehead atoms. The highest BCUT2D eigenvalue weighted by Crippen LogP contribution is 2.12. The van der Waals surface area contributed by atoms with Crippen LogP contribution in [0.4, 0.5) is 11.6 Å². The van der Waals surface area contributed by atoms with E-state index >= 15 is 0 Å². The summed E-state index contributed by atoms with van der Waals surface area (Å²) in [7, 11) is 0. The summed E-state index contributed by atoms with van der Waals surface area (Å²) < 4.78 is 10.4. The summed E-state index contributed by atoms with van der Waals surface area (Å²) in [6, 6.07) is 3.53. The molecule has 2 aromatic rings. The van der Waals surface area contributed by atoms with Crippen molar-refractivity contribution in [2.75, 3.05) is 36.5 Å². The van der Waals surface area contributed by atoms with Crippen molar-refractivity contribution in [2.24, 2.45) is 0 Å². The largest absolute Gasteiger partial charge is 0.465 e. The normalized spacial score (nSPS) is 15.2. The number of rotatable bonds is 4. The van der Waals surface area contributed by atoms with Gasteiger partial charge in [0, 0.05) is 19.2 Å². The summed E-state index contributed by atoms with van der Waals surface area (Å²) in [5.41, 5.74) is 0.547. The third kappa shape index (κ3) is 3.70. The van der Waals surface area contributed by atoms with Gasteiger partial charge >= 0.3 is 0 Å². The van der Waals surface area contributed by atoms with Gasteiger partial charge in [-0.25, -0.2) is 9.97 Å². The van der Waals surface area contributed by atoms with Crippen LogP contribution in [0.3, 0.4) is 0 Å². The summed E-state index contributed by atoms with van der Waals surface area (Å²) in [4.78, 5) is 22.4. The molecule has 0 aromatic carbocycles. The molecule has 1 amide bonds. The van der Waals surface area contributed by atoms with Crippen molar-refractivity contribution in [1.29, 1.82) is 0 Å². The Balaban J connectivity index is 1.57. The minimum Gasteiger partial charge on any atom is -0.465 e. The molecular weight excluding hydrogens is 284 g/mol. The predicted molar refractivity (Wildman–Crippen MR) is 81.4 cm³/mol. The first-order valence-corrected chi connectivity index (χ1v) is 6.98. The number of hydrogen-bond acceptors (Lipinski definition) is 6. The summed E-state index contributed by atoms with van der Waals surface area (Å²) in [5, 5.41) is 2.70. The summed E-state index contributed by atoms with van der Waals surface area (Å²) >= 11 is 0. The van der Waals surface area contributed by atoms with Crippen molar-refractivity contribution >= 4 is 23.6 Å². The van der Waals surface area contributed by atoms with Crippen LogP contribution in [0.1, 0.15) is 5.76 Å². The van der Waals surface area contributed by atoms with Crippen LogP contribution in [-0.4, -0.2) is 42.2 Å². The number of nitrogens with zero attached hydrogens (tertiary/aromatic N) is 3. The fourth-order valence-electron chi connectivity index (χ4n) is 2.04. The topological polar surface area (TPSA) is 80.5 Å². The van der Waals surface area contributed by atoms with Crippen LogP contribution in [0.2, 0.25) is 0 Å². The molecule has 7 heteroatoms. The highest BCUT2D eigenvalue weighted by molar-refractivity contribution is 6.01. The van der Waals surface area contributed by atoms with Gasteiger partial charge in [0.25, 0.3) is 0 Å². The molecule has 1 N–H and O–H groups in total. The van der Waals surface area contributed by atoms with Crippen LogP contribution in [-0.2, 0) is 9.53 Å². The summed E-state index contributed by atoms with van der Waals surface area (Å²) in [6.07, 6.45) is 7.73. The van der Waals surface area contributed by atoms with Gasteiger partial charge in [-0.05, 0) is 18.2 Å². The van der Waals surface area contributed by atoms with Crippen molar-refractivity contribution in [2.45, 2.75) is 0 Å². The second-order valence-electron chi connectivity index (χ2n) is 4.71. The van der Waals surface area contributed by atoms with Gasteiger partial charge in [-0.3, -0.25) is 4.79 Å². The van der Waals surface area contributed by atoms with E-state index in [-0.39, 0.29) is 5.91 Å². The number of carbonyl (C=O) groups is 1. The minimum absolute atomic E-state index is 0.265. The van der Waals surface area contributed by atoms with E-state index in [0.717, 1.165) is 13.1 Å². The Kier molecular flexibility index (Phi) is 4.45. The van der Waals surface area contributed by atoms with E-state index in [4.69, 9.17) is 9.15 Å². The molecule has 0 unspecified atom stereocenters. The van der Waals surface area contributed by atoms with E-state index in [1.807, 2.05) is 4.90 Å². The maximum Gasteiger partial charge on any atom is 0.248 e. The van der Waals surface area contributed by atoms with Gasteiger partial charge in [0.2, 0.25) is 11.9 Å². The molecule has 114 valence electrons. The van der Waals surface area contributed by atoms with Gasteiger partial charge in [-0.1, -0.05) is 0 Å². The van der Waals surface area contributed by atoms with Crippen molar-refractivity contribution < 1.29 is 13.9 Å². The number of amides is 1. The Labute approximate surface area is 127 Å². The van der Waals surface area contributed by atoms with Gasteiger partial charge in [0.15, 0.2) is 0 Å². The molecule has 0 aliphatic carbocycles. The molecule has 0 atom stereocenters. The first-order chi connectivity index (χ1) is 10.8. The average molecular weight is 300 g/mol. The van der Waals surface area contributed by atoms with E-state index in [9.17, 15) is 4.79 Å². The molecular formula is C15H16N4O3. The number of anilines is 2. The van der Waals surface area contributed by atoms with Crippen molar-refractivity contribution in [3.05, 3.63) is 42.6 Å². The first-order valence-electron chi connectivity index (χ1n) is 6.98. The zero-order valence-electron chi connectivity index (χ0n) is 11.9. The molecule has 1 fully saturated rings. The third-order valence-electron chi connectivity index (χ3n) is 3.14. The zero-order valence-corrected chi connectivity index (χ0v) is 11.9. The van der Waals surface area contributed by atoms with Crippen LogP contribution in [0, 0.1) is 0 Å². The number of aromatic nitrogens is 2. The van der Waals surface area contributed by atoms with Crippen molar-refractivity contribution in [3.63, 3.8) is 0 Å². The van der Waals surface area contributed by atoms with E-state index in [1.54, 1.807) is 36.9 Å². The lowest BCUT2D eigenvalue weighted by Crippen LogP contribution is -2.37. The molecule has 1 saturated heterocycles. The predicted octanol–water partition coefficient (Wildman–Crippen LogP) is 1.56. The maximum absolute atomic E-state index is 11.8. The number of morpholine rings is 1. The molecule has 22 heavy (non-hydrogen) atoms. The van der Waals surface area contributed by atoms with Crippen LogP contribution in [0.5, 0.6) is 0 Å². The van der Waals surface area contributed by atoms with Gasteiger partial charge < -0.3 is 19.4 Å². The van der Waals surface area contributed by atoms with E-state index in [1.165, 1.54) is 6.08 Å². The standard InChI is InChI=1S/C15H16N4O3/c20-14(4-3-13-2-1-7-22-13)18-12-10-16-15(17-11-12)19-5-8-21-9-6-19/h1-4,7,10-11H,5-6,8-9H2,(H,18,20). The van der Waals surface area contributed by atoms with E-state index in [2.05, 4.69) is 15.3 Å². The highest BCUT2D eigenvalue weighted by Gasteiger charge is 2.13. The van der Waals surface area contributed by atoms with Gasteiger partial charge in [-0.15, -0.1) is 0 Å². The zero-order chi connectivity index (χ0) is 15.2. The maximum atomic E-state index is 11.8. The minimum atomic E-state index is -0.265. The molecule has 1 aliphatic rings. The van der Waals surface area contributed by atoms with Gasteiger partial charge in [-0.2, -0.15) is 0 Å². The number of nitrogens with one attached hydrogen (secondary N) is 1. The van der Waals surface area contributed by atoms with Crippen LogP contribution < -0.4 is 10.2 Å². The molecule has 1 aliphatic heterocycles. The second kappa shape index (κ2) is 6.86. The average Bonchev–Trinajstić information content (AvgIpc) is 3.08. The molecule has 3 heterocycles. The van der Waals surface area contributed by atoms with Crippen LogP contribution in [0.15, 0.2) is 41.3 Å². The quantitative estimate of drug-likeness (QED) is 0.863. The van der Waals surface area contributed by atoms with Crippen LogP contribution in [0.25, 0.3) is 6.08 Å². The molecule has 3 rings (SSSR count). The SMILES string of the molecule is O=C(C=Cc1ccco1)Nc1cnc(N2CCOCC2)nc1. The lowest BCUT2D eigenvalue weighted by atomic mass is 10.4. The Morgan fingerprint density at radius 1 is 1.27 bits per heavy atom. The van der Waals surface area contributed by atoms with Crippen LogP contribution >= 0.6 is 0 Å². The smallest absolute Gasteiger partial charge is 0.248 e. The lowest BCUT2D eigenvalue weighted by Gasteiger charge is -2.26. The highest BCUT2D eigenvalue weighted by atomic mass is 16.5. The van der Waals surface area contributed by atoms with Gasteiger partial charge in [0.05, 0.1) is 37.6 Å². The molecule has 0 saturated carbocycles. The Bertz CT molecular complexity index is 631. The van der Waals surface area contributed by atoms with Crippen molar-refractivity contribution in [3.8, 4) is 0 Å². The Morgan fingerprint density at radius 2 is 2.05 bits per heavy atom.